The summed E-state index contributed by atoms with van der Waals surface area (Å²) in [6.07, 6.45) is 2.20. The van der Waals surface area contributed by atoms with Gasteiger partial charge < -0.3 is 5.32 Å². The molecule has 0 fully saturated rings. The van der Waals surface area contributed by atoms with E-state index in [0.29, 0.717) is 6.04 Å². The van der Waals surface area contributed by atoms with Crippen molar-refractivity contribution in [2.45, 2.75) is 25.8 Å². The first-order valence-electron chi connectivity index (χ1n) is 4.93. The molecule has 0 radical (unpaired) electrons. The predicted octanol–water partition coefficient (Wildman–Crippen LogP) is 3.70. The van der Waals surface area contributed by atoms with Crippen LogP contribution in [0.1, 0.15) is 30.5 Å². The summed E-state index contributed by atoms with van der Waals surface area (Å²) < 4.78 is 1.15. The van der Waals surface area contributed by atoms with E-state index in [2.05, 4.69) is 34.2 Å². The third-order valence-corrected chi connectivity index (χ3v) is 3.67. The molecule has 1 N–H and O–H groups in total. The minimum absolute atomic E-state index is 0.466. The van der Waals surface area contributed by atoms with Crippen molar-refractivity contribution in [3.63, 3.8) is 0 Å². The second-order valence-corrected chi connectivity index (χ2v) is 4.91. The number of hydrogen-bond acceptors (Lipinski definition) is 1. The van der Waals surface area contributed by atoms with Gasteiger partial charge in [-0.2, -0.15) is 0 Å². The van der Waals surface area contributed by atoms with E-state index < -0.39 is 0 Å². The number of rotatable bonds is 1. The summed E-state index contributed by atoms with van der Waals surface area (Å²) in [4.78, 5) is 0. The first-order valence-corrected chi connectivity index (χ1v) is 6.10. The molecule has 1 aliphatic heterocycles. The van der Waals surface area contributed by atoms with Crippen molar-refractivity contribution in [1.82, 2.24) is 5.32 Å². The van der Waals surface area contributed by atoms with Gasteiger partial charge in [0.1, 0.15) is 0 Å². The Balaban J connectivity index is 2.51. The van der Waals surface area contributed by atoms with Gasteiger partial charge in [0, 0.05) is 15.5 Å². The molecule has 0 saturated heterocycles. The molecule has 1 unspecified atom stereocenters. The molecule has 2 rings (SSSR count). The molecule has 0 spiro atoms. The van der Waals surface area contributed by atoms with Crippen molar-refractivity contribution in [3.8, 4) is 0 Å². The summed E-state index contributed by atoms with van der Waals surface area (Å²) in [6, 6.07) is 4.54. The van der Waals surface area contributed by atoms with Crippen molar-refractivity contribution in [1.29, 1.82) is 0 Å². The molecule has 1 aliphatic rings. The lowest BCUT2D eigenvalue weighted by Crippen LogP contribution is -2.29. The Bertz CT molecular complexity index is 351. The zero-order chi connectivity index (χ0) is 10.1. The number of fused-ring (bicyclic) bond motifs is 1. The molecule has 76 valence electrons. The van der Waals surface area contributed by atoms with E-state index in [-0.39, 0.29) is 0 Å². The summed E-state index contributed by atoms with van der Waals surface area (Å²) in [6.45, 7) is 3.26. The molecule has 0 aliphatic carbocycles. The molecule has 1 aromatic rings. The van der Waals surface area contributed by atoms with Crippen LogP contribution in [0.2, 0.25) is 5.02 Å². The summed E-state index contributed by atoms with van der Waals surface area (Å²) in [5.41, 5.74) is 2.78. The van der Waals surface area contributed by atoms with Crippen molar-refractivity contribution >= 4 is 27.5 Å². The standard InChI is InChI=1S/C11H13BrClN/c1-2-11-9-5-7(13)6-10(12)8(9)3-4-14-11/h5-6,11,14H,2-4H2,1H3. The quantitative estimate of drug-likeness (QED) is 0.823. The van der Waals surface area contributed by atoms with Gasteiger partial charge in [0.2, 0.25) is 0 Å². The molecule has 1 heterocycles. The largest absolute Gasteiger partial charge is 0.310 e. The smallest absolute Gasteiger partial charge is 0.0420 e. The van der Waals surface area contributed by atoms with Crippen LogP contribution in [-0.2, 0) is 6.42 Å². The van der Waals surface area contributed by atoms with Crippen LogP contribution in [0.15, 0.2) is 16.6 Å². The molecule has 1 atom stereocenters. The van der Waals surface area contributed by atoms with Gasteiger partial charge in [-0.05, 0) is 42.6 Å². The number of halogens is 2. The highest BCUT2D eigenvalue weighted by Gasteiger charge is 2.20. The molecule has 3 heteroatoms. The van der Waals surface area contributed by atoms with Crippen LogP contribution in [0.4, 0.5) is 0 Å². The molecule has 0 bridgehead atoms. The summed E-state index contributed by atoms with van der Waals surface area (Å²) >= 11 is 9.62. The molecule has 0 aromatic heterocycles. The third kappa shape index (κ3) is 1.83. The fourth-order valence-corrected chi connectivity index (χ4v) is 3.08. The third-order valence-electron chi connectivity index (χ3n) is 2.74. The highest BCUT2D eigenvalue weighted by Crippen LogP contribution is 2.33. The van der Waals surface area contributed by atoms with E-state index in [1.54, 1.807) is 0 Å². The normalized spacial score (nSPS) is 20.6. The molecular formula is C11H13BrClN. The zero-order valence-electron chi connectivity index (χ0n) is 8.11. The van der Waals surface area contributed by atoms with Crippen LogP contribution in [-0.4, -0.2) is 6.54 Å². The van der Waals surface area contributed by atoms with Crippen molar-refractivity contribution in [3.05, 3.63) is 32.8 Å². The maximum absolute atomic E-state index is 6.05. The maximum atomic E-state index is 6.05. The number of nitrogens with one attached hydrogen (secondary N) is 1. The van der Waals surface area contributed by atoms with E-state index in [1.165, 1.54) is 11.1 Å². The van der Waals surface area contributed by atoms with E-state index in [1.807, 2.05) is 6.07 Å². The van der Waals surface area contributed by atoms with Crippen LogP contribution < -0.4 is 5.32 Å². The average molecular weight is 275 g/mol. The Morgan fingerprint density at radius 1 is 1.57 bits per heavy atom. The highest BCUT2D eigenvalue weighted by atomic mass is 79.9. The van der Waals surface area contributed by atoms with Crippen LogP contribution in [0.25, 0.3) is 0 Å². The lowest BCUT2D eigenvalue weighted by atomic mass is 9.93. The zero-order valence-corrected chi connectivity index (χ0v) is 10.5. The minimum Gasteiger partial charge on any atom is -0.310 e. The Labute approximate surface area is 98.0 Å². The first kappa shape index (κ1) is 10.5. The summed E-state index contributed by atoms with van der Waals surface area (Å²) in [5, 5.41) is 4.32. The summed E-state index contributed by atoms with van der Waals surface area (Å²) in [7, 11) is 0. The number of benzene rings is 1. The van der Waals surface area contributed by atoms with Gasteiger partial charge in [-0.15, -0.1) is 0 Å². The fourth-order valence-electron chi connectivity index (χ4n) is 2.04. The Hall–Kier alpha value is -0.0500. The van der Waals surface area contributed by atoms with Gasteiger partial charge >= 0.3 is 0 Å². The minimum atomic E-state index is 0.466. The van der Waals surface area contributed by atoms with Gasteiger partial charge in [-0.25, -0.2) is 0 Å². The molecular weight excluding hydrogens is 261 g/mol. The Kier molecular flexibility index (Phi) is 3.15. The fraction of sp³-hybridized carbons (Fsp3) is 0.455. The lowest BCUT2D eigenvalue weighted by Gasteiger charge is -2.27. The van der Waals surface area contributed by atoms with Crippen LogP contribution >= 0.6 is 27.5 Å². The van der Waals surface area contributed by atoms with Crippen LogP contribution in [0.5, 0.6) is 0 Å². The molecule has 0 saturated carbocycles. The Morgan fingerprint density at radius 3 is 3.07 bits per heavy atom. The summed E-state index contributed by atoms with van der Waals surface area (Å²) in [5.74, 6) is 0. The highest BCUT2D eigenvalue weighted by molar-refractivity contribution is 9.10. The van der Waals surface area contributed by atoms with E-state index >= 15 is 0 Å². The van der Waals surface area contributed by atoms with Gasteiger partial charge in [0.05, 0.1) is 0 Å². The average Bonchev–Trinajstić information content (AvgIpc) is 2.17. The molecule has 14 heavy (non-hydrogen) atoms. The Morgan fingerprint density at radius 2 is 2.36 bits per heavy atom. The SMILES string of the molecule is CCC1NCCc2c(Br)cc(Cl)cc21. The monoisotopic (exact) mass is 273 g/mol. The maximum Gasteiger partial charge on any atom is 0.0420 e. The van der Waals surface area contributed by atoms with Gasteiger partial charge in [-0.1, -0.05) is 34.5 Å². The molecule has 0 amide bonds. The second kappa shape index (κ2) is 4.21. The van der Waals surface area contributed by atoms with Crippen LogP contribution in [0.3, 0.4) is 0 Å². The topological polar surface area (TPSA) is 12.0 Å². The number of hydrogen-bond donors (Lipinski definition) is 1. The van der Waals surface area contributed by atoms with Crippen molar-refractivity contribution < 1.29 is 0 Å². The molecule has 1 aromatic carbocycles. The van der Waals surface area contributed by atoms with Gasteiger partial charge in [0.15, 0.2) is 0 Å². The van der Waals surface area contributed by atoms with Gasteiger partial charge in [0.25, 0.3) is 0 Å². The van der Waals surface area contributed by atoms with Crippen molar-refractivity contribution in [2.75, 3.05) is 6.54 Å². The van der Waals surface area contributed by atoms with E-state index in [4.69, 9.17) is 11.6 Å². The van der Waals surface area contributed by atoms with Crippen LogP contribution in [0, 0.1) is 0 Å². The molecule has 1 nitrogen and oxygen atoms in total. The van der Waals surface area contributed by atoms with Gasteiger partial charge in [-0.3, -0.25) is 0 Å². The second-order valence-electron chi connectivity index (χ2n) is 3.62. The van der Waals surface area contributed by atoms with Crippen molar-refractivity contribution in [2.24, 2.45) is 0 Å². The van der Waals surface area contributed by atoms with E-state index in [0.717, 1.165) is 28.9 Å². The predicted molar refractivity (Wildman–Crippen MR) is 63.9 cm³/mol. The van der Waals surface area contributed by atoms with E-state index in [9.17, 15) is 0 Å². The lowest BCUT2D eigenvalue weighted by molar-refractivity contribution is 0.492. The first-order chi connectivity index (χ1) is 6.72.